The van der Waals surface area contributed by atoms with E-state index in [4.69, 9.17) is 5.11 Å². The van der Waals surface area contributed by atoms with Crippen LogP contribution in [-0.4, -0.2) is 40.0 Å². The maximum Gasteiger partial charge on any atom is 0.313 e. The van der Waals surface area contributed by atoms with E-state index >= 15 is 0 Å². The Morgan fingerprint density at radius 1 is 1.47 bits per heavy atom. The van der Waals surface area contributed by atoms with Crippen molar-refractivity contribution < 1.29 is 14.7 Å². The van der Waals surface area contributed by atoms with Crippen LogP contribution in [0.25, 0.3) is 0 Å². The number of carboxylic acid groups (broad SMARTS) is 1. The van der Waals surface area contributed by atoms with Gasteiger partial charge in [0.25, 0.3) is 5.91 Å². The molecule has 0 aromatic carbocycles. The Hall–Kier alpha value is -1.08. The van der Waals surface area contributed by atoms with Crippen LogP contribution in [0.1, 0.15) is 33.7 Å². The monoisotopic (exact) mass is 302 g/mol. The molecule has 1 aromatic rings. The molecule has 0 saturated carbocycles. The molecule has 0 atom stereocenters. The minimum Gasteiger partial charge on any atom is -0.481 e. The molecular formula is C12H18N2O3S2. The van der Waals surface area contributed by atoms with Crippen molar-refractivity contribution in [1.82, 2.24) is 10.3 Å². The number of carboxylic acids is 1. The fourth-order valence-corrected chi connectivity index (χ4v) is 3.11. The van der Waals surface area contributed by atoms with Crippen molar-refractivity contribution in [2.24, 2.45) is 0 Å². The van der Waals surface area contributed by atoms with Crippen molar-refractivity contribution in [3.63, 3.8) is 0 Å². The first-order chi connectivity index (χ1) is 9.04. The molecule has 0 spiro atoms. The lowest BCUT2D eigenvalue weighted by Gasteiger charge is -2.02. The van der Waals surface area contributed by atoms with Gasteiger partial charge in [-0.3, -0.25) is 9.59 Å². The highest BCUT2D eigenvalue weighted by Crippen LogP contribution is 2.19. The fourth-order valence-electron chi connectivity index (χ4n) is 1.46. The van der Waals surface area contributed by atoms with Crippen LogP contribution in [0.2, 0.25) is 0 Å². The van der Waals surface area contributed by atoms with Crippen molar-refractivity contribution in [1.29, 1.82) is 0 Å². The number of thiazole rings is 1. The molecule has 5 nitrogen and oxygen atoms in total. The van der Waals surface area contributed by atoms with E-state index in [1.165, 1.54) is 23.1 Å². The molecular weight excluding hydrogens is 284 g/mol. The maximum atomic E-state index is 11.9. The van der Waals surface area contributed by atoms with Gasteiger partial charge in [0.2, 0.25) is 0 Å². The summed E-state index contributed by atoms with van der Waals surface area (Å²) < 4.78 is 0. The normalized spacial score (nSPS) is 10.4. The van der Waals surface area contributed by atoms with Crippen LogP contribution >= 0.6 is 23.1 Å². The van der Waals surface area contributed by atoms with Crippen molar-refractivity contribution in [2.45, 2.75) is 26.7 Å². The van der Waals surface area contributed by atoms with E-state index in [1.807, 2.05) is 6.92 Å². The van der Waals surface area contributed by atoms with Crippen LogP contribution in [0.3, 0.4) is 0 Å². The molecule has 7 heteroatoms. The first-order valence-corrected chi connectivity index (χ1v) is 8.05. The van der Waals surface area contributed by atoms with Gasteiger partial charge in [-0.05, 0) is 19.8 Å². The van der Waals surface area contributed by atoms with Crippen LogP contribution in [0.5, 0.6) is 0 Å². The Balaban J connectivity index is 2.38. The molecule has 0 aliphatic carbocycles. The molecule has 0 unspecified atom stereocenters. The number of thioether (sulfide) groups is 1. The number of carbonyl (C=O) groups is 2. The fraction of sp³-hybridized carbons (Fsp3) is 0.583. The third-order valence-corrected chi connectivity index (χ3v) is 4.43. The summed E-state index contributed by atoms with van der Waals surface area (Å²) in [7, 11) is 0. The summed E-state index contributed by atoms with van der Waals surface area (Å²) in [5.74, 6) is -0.291. The van der Waals surface area contributed by atoms with Crippen molar-refractivity contribution in [3.05, 3.63) is 15.6 Å². The Bertz CT molecular complexity index is 446. The number of hydrogen-bond acceptors (Lipinski definition) is 5. The van der Waals surface area contributed by atoms with Gasteiger partial charge in [-0.25, -0.2) is 4.98 Å². The van der Waals surface area contributed by atoms with Gasteiger partial charge in [-0.15, -0.1) is 23.1 Å². The third kappa shape index (κ3) is 5.61. The minimum absolute atomic E-state index is 0.0656. The molecule has 1 aromatic heterocycles. The highest BCUT2D eigenvalue weighted by molar-refractivity contribution is 7.99. The summed E-state index contributed by atoms with van der Waals surface area (Å²) in [4.78, 5) is 27.2. The molecule has 0 saturated heterocycles. The van der Waals surface area contributed by atoms with Gasteiger partial charge in [0.15, 0.2) is 0 Å². The zero-order valence-electron chi connectivity index (χ0n) is 11.1. The van der Waals surface area contributed by atoms with Crippen LogP contribution in [0.15, 0.2) is 0 Å². The lowest BCUT2D eigenvalue weighted by molar-refractivity contribution is -0.133. The largest absolute Gasteiger partial charge is 0.481 e. The van der Waals surface area contributed by atoms with Gasteiger partial charge in [0, 0.05) is 12.3 Å². The first kappa shape index (κ1) is 16.0. The Labute approximate surface area is 120 Å². The second-order valence-corrected chi connectivity index (χ2v) is 6.16. The summed E-state index contributed by atoms with van der Waals surface area (Å²) in [5.41, 5.74) is 0.768. The zero-order valence-corrected chi connectivity index (χ0v) is 12.7. The first-order valence-electron chi connectivity index (χ1n) is 6.08. The third-order valence-electron chi connectivity index (χ3n) is 2.27. The molecule has 1 rings (SSSR count). The van der Waals surface area contributed by atoms with E-state index in [2.05, 4.69) is 17.2 Å². The second kappa shape index (κ2) is 8.16. The molecule has 0 aliphatic heterocycles. The van der Waals surface area contributed by atoms with E-state index in [0.29, 0.717) is 17.2 Å². The van der Waals surface area contributed by atoms with Gasteiger partial charge in [-0.2, -0.15) is 0 Å². The van der Waals surface area contributed by atoms with Crippen molar-refractivity contribution >= 4 is 35.0 Å². The lowest BCUT2D eigenvalue weighted by atomic mass is 10.3. The van der Waals surface area contributed by atoms with E-state index in [9.17, 15) is 9.59 Å². The summed E-state index contributed by atoms with van der Waals surface area (Å²) in [6.07, 6.45) is 1.91. The van der Waals surface area contributed by atoms with Gasteiger partial charge in [0.1, 0.15) is 4.88 Å². The summed E-state index contributed by atoms with van der Waals surface area (Å²) >= 11 is 2.73. The molecule has 2 N–H and O–H groups in total. The topological polar surface area (TPSA) is 79.3 Å². The van der Waals surface area contributed by atoms with E-state index < -0.39 is 5.97 Å². The smallest absolute Gasteiger partial charge is 0.313 e. The predicted molar refractivity (Wildman–Crippen MR) is 78.1 cm³/mol. The number of nitrogens with zero attached hydrogens (tertiary/aromatic N) is 1. The summed E-state index contributed by atoms with van der Waals surface area (Å²) in [6, 6.07) is 0. The standard InChI is InChI=1S/C12H18N2O3S2/c1-3-4-9-14-8(2)11(19-9)12(17)13-5-6-18-7-10(15)16/h3-7H2,1-2H3,(H,13,17)(H,15,16). The molecule has 19 heavy (non-hydrogen) atoms. The quantitative estimate of drug-likeness (QED) is 0.718. The second-order valence-electron chi connectivity index (χ2n) is 3.97. The molecule has 0 radical (unpaired) electrons. The van der Waals surface area contributed by atoms with Gasteiger partial charge in [0.05, 0.1) is 16.5 Å². The molecule has 1 amide bonds. The SMILES string of the molecule is CCCc1nc(C)c(C(=O)NCCSCC(=O)O)s1. The van der Waals surface area contributed by atoms with Crippen molar-refractivity contribution in [2.75, 3.05) is 18.1 Å². The number of aromatic nitrogens is 1. The van der Waals surface area contributed by atoms with E-state index in [-0.39, 0.29) is 11.7 Å². The maximum absolute atomic E-state index is 11.9. The number of aliphatic carboxylic acids is 1. The van der Waals surface area contributed by atoms with Crippen LogP contribution in [-0.2, 0) is 11.2 Å². The van der Waals surface area contributed by atoms with Crippen LogP contribution in [0.4, 0.5) is 0 Å². The highest BCUT2D eigenvalue weighted by atomic mass is 32.2. The number of amides is 1. The Kier molecular flexibility index (Phi) is 6.86. The molecule has 0 aliphatic rings. The summed E-state index contributed by atoms with van der Waals surface area (Å²) in [6.45, 7) is 4.39. The van der Waals surface area contributed by atoms with Gasteiger partial charge in [-0.1, -0.05) is 6.92 Å². The Morgan fingerprint density at radius 2 is 2.21 bits per heavy atom. The summed E-state index contributed by atoms with van der Waals surface area (Å²) in [5, 5.41) is 12.3. The van der Waals surface area contributed by atoms with Crippen LogP contribution in [0, 0.1) is 6.92 Å². The molecule has 0 fully saturated rings. The molecule has 0 bridgehead atoms. The number of nitrogens with one attached hydrogen (secondary N) is 1. The van der Waals surface area contributed by atoms with Gasteiger partial charge >= 0.3 is 5.97 Å². The number of hydrogen-bond donors (Lipinski definition) is 2. The van der Waals surface area contributed by atoms with Crippen LogP contribution < -0.4 is 5.32 Å². The average molecular weight is 302 g/mol. The minimum atomic E-state index is -0.834. The van der Waals surface area contributed by atoms with Crippen molar-refractivity contribution in [3.8, 4) is 0 Å². The van der Waals surface area contributed by atoms with E-state index in [1.54, 1.807) is 0 Å². The van der Waals surface area contributed by atoms with Gasteiger partial charge < -0.3 is 10.4 Å². The number of rotatable bonds is 8. The Morgan fingerprint density at radius 3 is 2.84 bits per heavy atom. The predicted octanol–water partition coefficient (Wildman–Crippen LogP) is 1.95. The average Bonchev–Trinajstić information content (AvgIpc) is 2.70. The molecule has 1 heterocycles. The lowest BCUT2D eigenvalue weighted by Crippen LogP contribution is -2.25. The number of carbonyl (C=O) groups excluding carboxylic acids is 1. The zero-order chi connectivity index (χ0) is 14.3. The highest BCUT2D eigenvalue weighted by Gasteiger charge is 2.14. The van der Waals surface area contributed by atoms with E-state index in [0.717, 1.165) is 23.5 Å². The molecule has 106 valence electrons. The number of aryl methyl sites for hydroxylation is 2.